The lowest BCUT2D eigenvalue weighted by molar-refractivity contribution is 0.283. The highest BCUT2D eigenvalue weighted by molar-refractivity contribution is 5.79. The lowest BCUT2D eigenvalue weighted by Crippen LogP contribution is -2.36. The summed E-state index contributed by atoms with van der Waals surface area (Å²) in [4.78, 5) is 12.5. The van der Waals surface area contributed by atoms with Gasteiger partial charge in [-0.3, -0.25) is 9.13 Å². The van der Waals surface area contributed by atoms with Crippen LogP contribution in [-0.4, -0.2) is 27.3 Å². The Hall–Kier alpha value is -1.59. The number of fused-ring (bicyclic) bond motifs is 1. The third-order valence-electron chi connectivity index (χ3n) is 3.99. The van der Waals surface area contributed by atoms with Crippen molar-refractivity contribution in [1.29, 1.82) is 0 Å². The first-order valence-corrected chi connectivity index (χ1v) is 6.74. The third kappa shape index (κ3) is 1.89. The predicted octanol–water partition coefficient (Wildman–Crippen LogP) is 0.757. The molecule has 5 heteroatoms. The molecule has 0 aliphatic carbocycles. The molecule has 2 heterocycles. The summed E-state index contributed by atoms with van der Waals surface area (Å²) in [7, 11) is 1.77. The van der Waals surface area contributed by atoms with E-state index in [4.69, 9.17) is 0 Å². The molecule has 1 aliphatic heterocycles. The fourth-order valence-corrected chi connectivity index (χ4v) is 3.05. The number of nitrogens with one attached hydrogen (secondary N) is 1. The van der Waals surface area contributed by atoms with Gasteiger partial charge in [0.25, 0.3) is 0 Å². The standard InChI is InChI=1S/C14H19N3O2/c1-16-13-10(9-18)4-2-6-12(13)17(14(16)19)11-5-3-7-15-8-11/h2,4,6,11,15,18H,3,5,7-9H2,1H3. The Labute approximate surface area is 111 Å². The smallest absolute Gasteiger partial charge is 0.329 e. The van der Waals surface area contributed by atoms with Crippen molar-refractivity contribution in [1.82, 2.24) is 14.5 Å². The summed E-state index contributed by atoms with van der Waals surface area (Å²) in [6.45, 7) is 1.82. The minimum absolute atomic E-state index is 0.00426. The maximum Gasteiger partial charge on any atom is 0.329 e. The van der Waals surface area contributed by atoms with E-state index in [1.54, 1.807) is 11.6 Å². The highest BCUT2D eigenvalue weighted by Gasteiger charge is 2.22. The van der Waals surface area contributed by atoms with E-state index in [-0.39, 0.29) is 18.3 Å². The van der Waals surface area contributed by atoms with Crippen LogP contribution in [0.5, 0.6) is 0 Å². The Bertz CT molecular complexity index is 650. The SMILES string of the molecule is Cn1c(=O)n(C2CCCNC2)c2cccc(CO)c21. The van der Waals surface area contributed by atoms with Gasteiger partial charge in [0, 0.05) is 19.2 Å². The number of aromatic nitrogens is 2. The van der Waals surface area contributed by atoms with Crippen molar-refractivity contribution in [3.8, 4) is 0 Å². The number of para-hydroxylation sites is 1. The van der Waals surface area contributed by atoms with Gasteiger partial charge in [0.2, 0.25) is 0 Å². The molecule has 0 saturated carbocycles. The zero-order valence-electron chi connectivity index (χ0n) is 11.1. The van der Waals surface area contributed by atoms with Crippen LogP contribution in [0.4, 0.5) is 0 Å². The molecule has 1 saturated heterocycles. The number of aliphatic hydroxyl groups is 1. The van der Waals surface area contributed by atoms with Gasteiger partial charge in [0.15, 0.2) is 0 Å². The van der Waals surface area contributed by atoms with Crippen LogP contribution in [0.1, 0.15) is 24.4 Å². The van der Waals surface area contributed by atoms with Crippen molar-refractivity contribution < 1.29 is 5.11 Å². The van der Waals surface area contributed by atoms with Crippen LogP contribution >= 0.6 is 0 Å². The van der Waals surface area contributed by atoms with Crippen LogP contribution < -0.4 is 11.0 Å². The van der Waals surface area contributed by atoms with Crippen molar-refractivity contribution in [2.75, 3.05) is 13.1 Å². The Kier molecular flexibility index (Phi) is 3.16. The molecule has 1 fully saturated rings. The summed E-state index contributed by atoms with van der Waals surface area (Å²) in [5.74, 6) is 0. The fourth-order valence-electron chi connectivity index (χ4n) is 3.05. The second kappa shape index (κ2) is 4.83. The number of aryl methyl sites for hydroxylation is 1. The van der Waals surface area contributed by atoms with Crippen LogP contribution in [0.25, 0.3) is 11.0 Å². The minimum Gasteiger partial charge on any atom is -0.392 e. The summed E-state index contributed by atoms with van der Waals surface area (Å²) >= 11 is 0. The molecule has 1 aromatic carbocycles. The van der Waals surface area contributed by atoms with E-state index in [2.05, 4.69) is 5.32 Å². The number of nitrogens with zero attached hydrogens (tertiary/aromatic N) is 2. The molecule has 3 rings (SSSR count). The molecule has 5 nitrogen and oxygen atoms in total. The van der Waals surface area contributed by atoms with Gasteiger partial charge < -0.3 is 10.4 Å². The fraction of sp³-hybridized carbons (Fsp3) is 0.500. The molecule has 1 atom stereocenters. The first kappa shape index (κ1) is 12.4. The number of aliphatic hydroxyl groups excluding tert-OH is 1. The van der Waals surface area contributed by atoms with Crippen molar-refractivity contribution in [2.24, 2.45) is 7.05 Å². The van der Waals surface area contributed by atoms with E-state index >= 15 is 0 Å². The van der Waals surface area contributed by atoms with Crippen molar-refractivity contribution >= 4 is 11.0 Å². The van der Waals surface area contributed by atoms with E-state index in [1.807, 2.05) is 22.8 Å². The number of piperidine rings is 1. The summed E-state index contributed by atoms with van der Waals surface area (Å²) in [6.07, 6.45) is 2.11. The van der Waals surface area contributed by atoms with Gasteiger partial charge in [0.1, 0.15) is 0 Å². The maximum atomic E-state index is 12.5. The van der Waals surface area contributed by atoms with Gasteiger partial charge in [-0.25, -0.2) is 4.79 Å². The zero-order valence-corrected chi connectivity index (χ0v) is 11.1. The van der Waals surface area contributed by atoms with Gasteiger partial charge in [-0.15, -0.1) is 0 Å². The number of rotatable bonds is 2. The van der Waals surface area contributed by atoms with Gasteiger partial charge in [-0.1, -0.05) is 12.1 Å². The number of imidazole rings is 1. The van der Waals surface area contributed by atoms with Crippen LogP contribution in [-0.2, 0) is 13.7 Å². The molecule has 0 bridgehead atoms. The largest absolute Gasteiger partial charge is 0.392 e. The molecular weight excluding hydrogens is 242 g/mol. The Balaban J connectivity index is 2.24. The molecule has 0 radical (unpaired) electrons. The summed E-state index contributed by atoms with van der Waals surface area (Å²) in [5, 5.41) is 12.8. The van der Waals surface area contributed by atoms with Gasteiger partial charge in [-0.05, 0) is 25.5 Å². The second-order valence-corrected chi connectivity index (χ2v) is 5.15. The first-order chi connectivity index (χ1) is 9.24. The van der Waals surface area contributed by atoms with E-state index in [9.17, 15) is 9.90 Å². The first-order valence-electron chi connectivity index (χ1n) is 6.74. The summed E-state index contributed by atoms with van der Waals surface area (Å²) < 4.78 is 3.52. The Morgan fingerprint density at radius 2 is 2.32 bits per heavy atom. The lowest BCUT2D eigenvalue weighted by atomic mass is 10.1. The summed E-state index contributed by atoms with van der Waals surface area (Å²) in [6, 6.07) is 5.94. The van der Waals surface area contributed by atoms with Crippen molar-refractivity contribution in [3.63, 3.8) is 0 Å². The molecule has 0 spiro atoms. The molecule has 0 amide bonds. The van der Waals surface area contributed by atoms with Gasteiger partial charge in [0.05, 0.1) is 23.7 Å². The van der Waals surface area contributed by atoms with Crippen LogP contribution in [0.2, 0.25) is 0 Å². The summed E-state index contributed by atoms with van der Waals surface area (Å²) in [5.41, 5.74) is 2.58. The van der Waals surface area contributed by atoms with Gasteiger partial charge in [-0.2, -0.15) is 0 Å². The second-order valence-electron chi connectivity index (χ2n) is 5.15. The molecule has 1 unspecified atom stereocenters. The average Bonchev–Trinajstić information content (AvgIpc) is 2.72. The van der Waals surface area contributed by atoms with Crippen LogP contribution in [0.15, 0.2) is 23.0 Å². The molecular formula is C14H19N3O2. The van der Waals surface area contributed by atoms with Crippen LogP contribution in [0, 0.1) is 0 Å². The van der Waals surface area contributed by atoms with Crippen LogP contribution in [0.3, 0.4) is 0 Å². The van der Waals surface area contributed by atoms with E-state index < -0.39 is 0 Å². The van der Waals surface area contributed by atoms with E-state index in [0.29, 0.717) is 0 Å². The monoisotopic (exact) mass is 261 g/mol. The third-order valence-corrected chi connectivity index (χ3v) is 3.99. The highest BCUT2D eigenvalue weighted by Crippen LogP contribution is 2.23. The number of benzene rings is 1. The maximum absolute atomic E-state index is 12.5. The number of hydrogen-bond acceptors (Lipinski definition) is 3. The Morgan fingerprint density at radius 3 is 3.00 bits per heavy atom. The van der Waals surface area contributed by atoms with Crippen molar-refractivity contribution in [2.45, 2.75) is 25.5 Å². The Morgan fingerprint density at radius 1 is 1.47 bits per heavy atom. The molecule has 102 valence electrons. The molecule has 1 aliphatic rings. The normalized spacial score (nSPS) is 20.0. The average molecular weight is 261 g/mol. The lowest BCUT2D eigenvalue weighted by Gasteiger charge is -2.24. The van der Waals surface area contributed by atoms with E-state index in [0.717, 1.165) is 42.5 Å². The van der Waals surface area contributed by atoms with Gasteiger partial charge >= 0.3 is 5.69 Å². The zero-order chi connectivity index (χ0) is 13.4. The molecule has 2 aromatic rings. The molecule has 2 N–H and O–H groups in total. The molecule has 19 heavy (non-hydrogen) atoms. The van der Waals surface area contributed by atoms with E-state index in [1.165, 1.54) is 0 Å². The van der Waals surface area contributed by atoms with Crippen molar-refractivity contribution in [3.05, 3.63) is 34.2 Å². The highest BCUT2D eigenvalue weighted by atomic mass is 16.3. The minimum atomic E-state index is -0.0441. The molecule has 1 aromatic heterocycles. The predicted molar refractivity (Wildman–Crippen MR) is 74.2 cm³/mol. The number of hydrogen-bond donors (Lipinski definition) is 2. The topological polar surface area (TPSA) is 59.2 Å². The quantitative estimate of drug-likeness (QED) is 0.839.